The summed E-state index contributed by atoms with van der Waals surface area (Å²) in [5.41, 5.74) is 1.16. The number of nitrogens with one attached hydrogen (secondary N) is 1. The zero-order valence-corrected chi connectivity index (χ0v) is 12.6. The van der Waals surface area contributed by atoms with Crippen molar-refractivity contribution in [2.75, 3.05) is 25.0 Å². The molecule has 3 aliphatic rings. The van der Waals surface area contributed by atoms with Crippen LogP contribution in [0.4, 0.5) is 10.2 Å². The highest BCUT2D eigenvalue weighted by Gasteiger charge is 2.34. The Morgan fingerprint density at radius 1 is 1.43 bits per heavy atom. The molecular formula is C15H17ClFN3O. The lowest BCUT2D eigenvalue weighted by molar-refractivity contribution is 0.0973. The molecule has 0 radical (unpaired) electrons. The molecule has 1 N–H and O–H groups in total. The van der Waals surface area contributed by atoms with Gasteiger partial charge in [0, 0.05) is 18.2 Å². The molecule has 3 aliphatic heterocycles. The molecule has 1 aromatic heterocycles. The Bertz CT molecular complexity index is 694. The van der Waals surface area contributed by atoms with Gasteiger partial charge < -0.3 is 14.7 Å². The SMILES string of the molecule is Cc1c(Cl)c(F)cc2c(N[C@H]3CN4CCC3CC4)noc12. The summed E-state index contributed by atoms with van der Waals surface area (Å²) in [7, 11) is 0. The number of piperidine rings is 3. The van der Waals surface area contributed by atoms with Crippen LogP contribution in [-0.2, 0) is 0 Å². The standard InChI is InChI=1S/C15H17ClFN3O/c1-8-13(16)11(17)6-10-14(8)21-19-15(10)18-12-7-20-4-2-9(12)3-5-20/h6,9,12H,2-5,7H2,1H3,(H,18,19)/t12-/m0/s1. The number of aryl methyl sites for hydroxylation is 1. The second-order valence-electron chi connectivity index (χ2n) is 6.09. The van der Waals surface area contributed by atoms with Crippen LogP contribution in [0.1, 0.15) is 18.4 Å². The maximum Gasteiger partial charge on any atom is 0.177 e. The summed E-state index contributed by atoms with van der Waals surface area (Å²) in [5, 5.41) is 8.32. The molecule has 0 unspecified atom stereocenters. The van der Waals surface area contributed by atoms with Crippen molar-refractivity contribution in [2.24, 2.45) is 5.92 Å². The van der Waals surface area contributed by atoms with Crippen LogP contribution in [-0.4, -0.2) is 35.7 Å². The van der Waals surface area contributed by atoms with E-state index in [1.165, 1.54) is 32.0 Å². The summed E-state index contributed by atoms with van der Waals surface area (Å²) in [6.45, 7) is 5.14. The van der Waals surface area contributed by atoms with Crippen molar-refractivity contribution < 1.29 is 8.91 Å². The molecule has 3 saturated heterocycles. The summed E-state index contributed by atoms with van der Waals surface area (Å²) >= 11 is 5.92. The van der Waals surface area contributed by atoms with Crippen LogP contribution in [0.25, 0.3) is 11.0 Å². The minimum atomic E-state index is -0.429. The van der Waals surface area contributed by atoms with Crippen LogP contribution >= 0.6 is 11.6 Å². The Kier molecular flexibility index (Phi) is 3.08. The average Bonchev–Trinajstić information content (AvgIpc) is 2.89. The van der Waals surface area contributed by atoms with Crippen molar-refractivity contribution in [1.82, 2.24) is 10.1 Å². The topological polar surface area (TPSA) is 41.3 Å². The van der Waals surface area contributed by atoms with Gasteiger partial charge in [-0.1, -0.05) is 16.8 Å². The maximum atomic E-state index is 13.9. The number of hydrogen-bond acceptors (Lipinski definition) is 4. The van der Waals surface area contributed by atoms with E-state index in [0.29, 0.717) is 34.3 Å². The van der Waals surface area contributed by atoms with Gasteiger partial charge in [-0.2, -0.15) is 0 Å². The predicted molar refractivity (Wildman–Crippen MR) is 80.3 cm³/mol. The predicted octanol–water partition coefficient (Wildman–Crippen LogP) is 3.43. The van der Waals surface area contributed by atoms with Gasteiger partial charge in [0.05, 0.1) is 10.4 Å². The highest BCUT2D eigenvalue weighted by atomic mass is 35.5. The van der Waals surface area contributed by atoms with Crippen LogP contribution in [0.5, 0.6) is 0 Å². The first-order valence-electron chi connectivity index (χ1n) is 7.36. The Morgan fingerprint density at radius 3 is 2.86 bits per heavy atom. The van der Waals surface area contributed by atoms with E-state index >= 15 is 0 Å². The number of nitrogens with zero attached hydrogens (tertiary/aromatic N) is 2. The number of halogens is 2. The first-order valence-corrected chi connectivity index (χ1v) is 7.74. The normalized spacial score (nSPS) is 28.2. The zero-order valence-electron chi connectivity index (χ0n) is 11.8. The van der Waals surface area contributed by atoms with Crippen LogP contribution in [0.3, 0.4) is 0 Å². The zero-order chi connectivity index (χ0) is 14.6. The third-order valence-electron chi connectivity index (χ3n) is 4.86. The van der Waals surface area contributed by atoms with Crippen molar-refractivity contribution in [3.63, 3.8) is 0 Å². The number of rotatable bonds is 2. The molecule has 6 heteroatoms. The second-order valence-corrected chi connectivity index (χ2v) is 6.47. The lowest BCUT2D eigenvalue weighted by Crippen LogP contribution is -2.53. The van der Waals surface area contributed by atoms with Crippen molar-refractivity contribution in [3.8, 4) is 0 Å². The van der Waals surface area contributed by atoms with Gasteiger partial charge in [0.1, 0.15) is 5.82 Å². The van der Waals surface area contributed by atoms with Gasteiger partial charge >= 0.3 is 0 Å². The quantitative estimate of drug-likeness (QED) is 0.922. The molecule has 5 rings (SSSR count). The molecule has 0 saturated carbocycles. The first kappa shape index (κ1) is 13.3. The third-order valence-corrected chi connectivity index (χ3v) is 5.32. The summed E-state index contributed by atoms with van der Waals surface area (Å²) in [6.07, 6.45) is 2.43. The highest BCUT2D eigenvalue weighted by molar-refractivity contribution is 6.32. The van der Waals surface area contributed by atoms with Crippen molar-refractivity contribution in [3.05, 3.63) is 22.5 Å². The molecule has 4 nitrogen and oxygen atoms in total. The van der Waals surface area contributed by atoms with E-state index in [2.05, 4.69) is 15.4 Å². The molecule has 1 aromatic carbocycles. The van der Waals surface area contributed by atoms with Crippen LogP contribution in [0, 0.1) is 18.7 Å². The molecule has 4 heterocycles. The molecular weight excluding hydrogens is 293 g/mol. The van der Waals surface area contributed by atoms with E-state index in [4.69, 9.17) is 16.1 Å². The minimum Gasteiger partial charge on any atom is -0.362 e. The minimum absolute atomic E-state index is 0.105. The number of aromatic nitrogens is 1. The number of hydrogen-bond donors (Lipinski definition) is 1. The fourth-order valence-corrected chi connectivity index (χ4v) is 3.72. The van der Waals surface area contributed by atoms with Crippen molar-refractivity contribution in [2.45, 2.75) is 25.8 Å². The number of benzene rings is 1. The van der Waals surface area contributed by atoms with Crippen molar-refractivity contribution in [1.29, 1.82) is 0 Å². The smallest absolute Gasteiger partial charge is 0.177 e. The van der Waals surface area contributed by atoms with Crippen LogP contribution in [0.15, 0.2) is 10.6 Å². The molecule has 2 aromatic rings. The van der Waals surface area contributed by atoms with E-state index in [-0.39, 0.29) is 5.02 Å². The first-order chi connectivity index (χ1) is 10.1. The van der Waals surface area contributed by atoms with E-state index in [0.717, 1.165) is 6.54 Å². The summed E-state index contributed by atoms with van der Waals surface area (Å²) in [4.78, 5) is 2.46. The molecule has 21 heavy (non-hydrogen) atoms. The Labute approximate surface area is 127 Å². The number of fused-ring (bicyclic) bond motifs is 4. The van der Waals surface area contributed by atoms with Crippen LogP contribution < -0.4 is 5.32 Å². The Balaban J connectivity index is 1.68. The van der Waals surface area contributed by atoms with Gasteiger partial charge in [-0.3, -0.25) is 0 Å². The maximum absolute atomic E-state index is 13.9. The van der Waals surface area contributed by atoms with Gasteiger partial charge in [0.2, 0.25) is 0 Å². The molecule has 0 amide bonds. The monoisotopic (exact) mass is 309 g/mol. The van der Waals surface area contributed by atoms with Gasteiger partial charge in [0.25, 0.3) is 0 Å². The average molecular weight is 310 g/mol. The highest BCUT2D eigenvalue weighted by Crippen LogP contribution is 2.35. The van der Waals surface area contributed by atoms with Gasteiger partial charge in [-0.15, -0.1) is 0 Å². The molecule has 0 aliphatic carbocycles. The van der Waals surface area contributed by atoms with E-state index in [9.17, 15) is 4.39 Å². The van der Waals surface area contributed by atoms with Crippen LogP contribution in [0.2, 0.25) is 5.02 Å². The van der Waals surface area contributed by atoms with Gasteiger partial charge in [0.15, 0.2) is 11.4 Å². The summed E-state index contributed by atoms with van der Waals surface area (Å²) in [6, 6.07) is 1.77. The van der Waals surface area contributed by atoms with Crippen molar-refractivity contribution >= 4 is 28.4 Å². The lowest BCUT2D eigenvalue weighted by atomic mass is 9.84. The van der Waals surface area contributed by atoms with E-state index in [1.54, 1.807) is 6.92 Å². The fraction of sp³-hybridized carbons (Fsp3) is 0.533. The summed E-state index contributed by atoms with van der Waals surface area (Å²) in [5.74, 6) is 0.865. The van der Waals surface area contributed by atoms with E-state index < -0.39 is 5.82 Å². The fourth-order valence-electron chi connectivity index (χ4n) is 3.58. The third kappa shape index (κ3) is 2.10. The molecule has 3 fully saturated rings. The largest absolute Gasteiger partial charge is 0.362 e. The Hall–Kier alpha value is -1.33. The lowest BCUT2D eigenvalue weighted by Gasteiger charge is -2.44. The van der Waals surface area contributed by atoms with Gasteiger partial charge in [-0.25, -0.2) is 4.39 Å². The molecule has 0 spiro atoms. The molecule has 112 valence electrons. The van der Waals surface area contributed by atoms with Gasteiger partial charge in [-0.05, 0) is 44.8 Å². The molecule has 2 bridgehead atoms. The second kappa shape index (κ2) is 4.85. The number of anilines is 1. The van der Waals surface area contributed by atoms with E-state index in [1.807, 2.05) is 0 Å². The summed E-state index contributed by atoms with van der Waals surface area (Å²) < 4.78 is 19.2. The molecule has 1 atom stereocenters. The Morgan fingerprint density at radius 2 is 2.19 bits per heavy atom.